The van der Waals surface area contributed by atoms with Crippen LogP contribution in [0.1, 0.15) is 27.3 Å². The summed E-state index contributed by atoms with van der Waals surface area (Å²) in [5.74, 6) is -1.02. The number of fused-ring (bicyclic) bond motifs is 6. The van der Waals surface area contributed by atoms with Crippen LogP contribution >= 0.6 is 23.2 Å². The lowest BCUT2D eigenvalue weighted by molar-refractivity contribution is 0.0697. The first-order valence-corrected chi connectivity index (χ1v) is 19.2. The summed E-state index contributed by atoms with van der Waals surface area (Å²) in [6, 6.07) is 15.0. The number of likely N-dealkylation sites (N-methyl/N-ethyl adjacent to an activating group) is 3. The van der Waals surface area contributed by atoms with Gasteiger partial charge in [0.15, 0.2) is 9.87 Å². The van der Waals surface area contributed by atoms with E-state index in [4.69, 9.17) is 33.2 Å². The molecule has 11 heteroatoms. The second-order valence-corrected chi connectivity index (χ2v) is 15.8. The average Bonchev–Trinajstić information content (AvgIpc) is 4.03. The maximum atomic E-state index is 12.2. The molecule has 0 radical (unpaired) electrons. The molecule has 9 nitrogen and oxygen atoms in total. The van der Waals surface area contributed by atoms with Crippen molar-refractivity contribution in [1.29, 1.82) is 0 Å². The molecule has 0 fully saturated rings. The van der Waals surface area contributed by atoms with Gasteiger partial charge in [0.2, 0.25) is 0 Å². The van der Waals surface area contributed by atoms with Gasteiger partial charge >= 0.3 is 5.97 Å². The summed E-state index contributed by atoms with van der Waals surface area (Å²) in [6.45, 7) is 2.11. The van der Waals surface area contributed by atoms with Crippen LogP contribution in [-0.4, -0.2) is 92.9 Å². The van der Waals surface area contributed by atoms with Crippen molar-refractivity contribution >= 4 is 57.3 Å². The second-order valence-electron chi connectivity index (χ2n) is 14.7. The van der Waals surface area contributed by atoms with Gasteiger partial charge in [-0.15, -0.1) is 11.6 Å². The van der Waals surface area contributed by atoms with Gasteiger partial charge in [-0.05, 0) is 120 Å². The molecule has 0 spiro atoms. The predicted octanol–water partition coefficient (Wildman–Crippen LogP) is 6.36. The van der Waals surface area contributed by atoms with E-state index in [1.165, 1.54) is 0 Å². The maximum absolute atomic E-state index is 12.2. The largest absolute Gasteiger partial charge is 0.478 e. The third-order valence-corrected chi connectivity index (χ3v) is 12.2. The van der Waals surface area contributed by atoms with Crippen LogP contribution < -0.4 is 10.7 Å². The molecule has 0 saturated heterocycles. The van der Waals surface area contributed by atoms with Crippen molar-refractivity contribution in [3.8, 4) is 0 Å². The molecule has 3 N–H and O–H groups in total. The molecule has 3 aromatic rings. The molecule has 0 saturated carbocycles. The van der Waals surface area contributed by atoms with Crippen molar-refractivity contribution in [2.45, 2.75) is 9.87 Å². The van der Waals surface area contributed by atoms with E-state index >= 15 is 0 Å². The fourth-order valence-corrected chi connectivity index (χ4v) is 8.60. The molecule has 0 aliphatic carbocycles. The van der Waals surface area contributed by atoms with E-state index in [9.17, 15) is 9.90 Å². The Morgan fingerprint density at radius 2 is 1.39 bits per heavy atom. The van der Waals surface area contributed by atoms with E-state index in [2.05, 4.69) is 79.6 Å². The highest BCUT2D eigenvalue weighted by Crippen LogP contribution is 2.54. The van der Waals surface area contributed by atoms with Gasteiger partial charge in [0.25, 0.3) is 0 Å². The number of aromatic amines is 2. The van der Waals surface area contributed by atoms with Gasteiger partial charge in [0.1, 0.15) is 0 Å². The van der Waals surface area contributed by atoms with Crippen LogP contribution in [0.15, 0.2) is 160 Å². The van der Waals surface area contributed by atoms with Crippen molar-refractivity contribution in [1.82, 2.24) is 24.7 Å². The Hall–Kier alpha value is -6.03. The van der Waals surface area contributed by atoms with Gasteiger partial charge in [0, 0.05) is 79.6 Å². The Balaban J connectivity index is 1.38. The molecule has 6 aliphatic heterocycles. The quantitative estimate of drug-likeness (QED) is 0.207. The summed E-state index contributed by atoms with van der Waals surface area (Å²) in [7, 11) is 6.09. The molecule has 56 heavy (non-hydrogen) atoms. The zero-order chi connectivity index (χ0) is 38.8. The number of H-pyrrole nitrogens is 2. The van der Waals surface area contributed by atoms with Crippen molar-refractivity contribution in [2.24, 2.45) is 9.98 Å². The maximum Gasteiger partial charge on any atom is 0.335 e. The number of hydrogen-bond donors (Lipinski definition) is 3. The molecule has 8 bridgehead atoms. The predicted molar refractivity (Wildman–Crippen MR) is 226 cm³/mol. The number of carboxylic acids is 1. The average molecular weight is 781 g/mol. The van der Waals surface area contributed by atoms with Crippen LogP contribution in [0, 0.1) is 0 Å². The van der Waals surface area contributed by atoms with Gasteiger partial charge in [-0.2, -0.15) is 0 Å². The number of carbonyl (C=O) groups is 1. The third kappa shape index (κ3) is 5.99. The summed E-state index contributed by atoms with van der Waals surface area (Å²) in [5, 5.41) is 11.8. The number of halogens is 2. The first-order valence-electron chi connectivity index (χ1n) is 18.4. The van der Waals surface area contributed by atoms with E-state index in [0.717, 1.165) is 62.9 Å². The summed E-state index contributed by atoms with van der Waals surface area (Å²) >= 11 is 15.8. The first-order chi connectivity index (χ1) is 27.0. The normalized spacial score (nSPS) is 24.2. The zero-order valence-electron chi connectivity index (χ0n) is 31.1. The van der Waals surface area contributed by atoms with E-state index in [1.807, 2.05) is 75.9 Å². The number of nitrogens with one attached hydrogen (secondary N) is 2. The number of aromatic carboxylic acids is 1. The van der Waals surface area contributed by atoms with Crippen LogP contribution in [-0.2, 0) is 4.87 Å². The summed E-state index contributed by atoms with van der Waals surface area (Å²) in [5.41, 5.74) is 9.71. The number of rotatable bonds is 5. The Kier molecular flexibility index (Phi) is 8.67. The SMILES string of the molecule is CN1C=CC(C2=c3ccc([nH]3)=C(C3=CCN(C)C=C3)C3=NC(Cl)(C=C3)C(Cl)(C3=CCN(C)C=C3)c3ccc([nH]3)C(c3cccc(C(=O)O)c3)=C3C=CC2=N3)=CC1. The van der Waals surface area contributed by atoms with Crippen molar-refractivity contribution in [3.63, 3.8) is 0 Å². The monoisotopic (exact) mass is 779 g/mol. The second kappa shape index (κ2) is 13.6. The van der Waals surface area contributed by atoms with E-state index in [0.29, 0.717) is 34.9 Å². The number of aromatic nitrogens is 2. The first kappa shape index (κ1) is 35.7. The number of carboxylic acid groups (broad SMARTS) is 1. The Morgan fingerprint density at radius 1 is 0.732 bits per heavy atom. The number of allylic oxidation sites excluding steroid dienone is 8. The Morgan fingerprint density at radius 3 is 2.02 bits per heavy atom. The minimum Gasteiger partial charge on any atom is -0.478 e. The molecule has 2 unspecified atom stereocenters. The minimum atomic E-state index is -1.46. The number of benzene rings is 1. The topological polar surface area (TPSA) is 103 Å². The van der Waals surface area contributed by atoms with E-state index in [1.54, 1.807) is 18.2 Å². The minimum absolute atomic E-state index is 0.168. The number of nitrogens with zero attached hydrogens (tertiary/aromatic N) is 5. The third-order valence-electron chi connectivity index (χ3n) is 10.9. The molecule has 8 heterocycles. The molecular formula is C45H39Cl2N7O2. The van der Waals surface area contributed by atoms with E-state index < -0.39 is 15.8 Å². The van der Waals surface area contributed by atoms with Gasteiger partial charge in [-0.1, -0.05) is 42.0 Å². The van der Waals surface area contributed by atoms with Crippen LogP contribution in [0.3, 0.4) is 0 Å². The number of alkyl halides is 2. The highest BCUT2D eigenvalue weighted by atomic mass is 35.5. The number of hydrogen-bond acceptors (Lipinski definition) is 6. The van der Waals surface area contributed by atoms with Crippen LogP contribution in [0.5, 0.6) is 0 Å². The van der Waals surface area contributed by atoms with Gasteiger partial charge in [-0.25, -0.2) is 9.79 Å². The molecular weight excluding hydrogens is 741 g/mol. The Bertz CT molecular complexity index is 2690. The fraction of sp³-hybridized carbons (Fsp3) is 0.178. The van der Waals surface area contributed by atoms with Crippen LogP contribution in [0.4, 0.5) is 0 Å². The molecule has 280 valence electrons. The van der Waals surface area contributed by atoms with Gasteiger partial charge in [-0.3, -0.25) is 4.99 Å². The zero-order valence-corrected chi connectivity index (χ0v) is 32.6. The van der Waals surface area contributed by atoms with Crippen LogP contribution in [0.25, 0.3) is 16.7 Å². The smallest absolute Gasteiger partial charge is 0.335 e. The van der Waals surface area contributed by atoms with Crippen molar-refractivity contribution in [3.05, 3.63) is 184 Å². The van der Waals surface area contributed by atoms with Crippen LogP contribution in [0.2, 0.25) is 0 Å². The number of aliphatic imine (C=N–C) groups is 2. The highest BCUT2D eigenvalue weighted by molar-refractivity contribution is 6.41. The molecule has 6 aliphatic rings. The van der Waals surface area contributed by atoms with Crippen molar-refractivity contribution < 1.29 is 9.90 Å². The molecule has 2 atom stereocenters. The van der Waals surface area contributed by atoms with Gasteiger partial charge < -0.3 is 29.8 Å². The highest BCUT2D eigenvalue weighted by Gasteiger charge is 2.54. The standard InChI is InChI=1S/C45H39Cl2N7O2/c1-52-21-14-28(15-22-52)40-33-7-9-35(48-33)41(29-16-23-53(2)24-17-29)38-13-20-44(46,51-38)45(47,32-18-25-54(3)26-19-32)39-12-11-37(50-39)42(36-10-8-34(40)49-36)30-5-4-6-31(27-30)43(55)56/h4-21,23,25,27,48,50H,22,24,26H2,1-3H3,(H,55,56). The summed E-state index contributed by atoms with van der Waals surface area (Å²) < 4.78 is 0. The molecule has 9 rings (SSSR count). The summed E-state index contributed by atoms with van der Waals surface area (Å²) in [6.07, 6.45) is 26.7. The lowest BCUT2D eigenvalue weighted by Gasteiger charge is -2.39. The van der Waals surface area contributed by atoms with E-state index in [-0.39, 0.29) is 5.56 Å². The Labute approximate surface area is 334 Å². The lowest BCUT2D eigenvalue weighted by Crippen LogP contribution is -2.42. The summed E-state index contributed by atoms with van der Waals surface area (Å²) in [4.78, 5) is 33.8. The fourth-order valence-electron chi connectivity index (χ4n) is 7.88. The van der Waals surface area contributed by atoms with Gasteiger partial charge in [0.05, 0.1) is 22.7 Å². The molecule has 2 aromatic heterocycles. The van der Waals surface area contributed by atoms with Crippen molar-refractivity contribution in [2.75, 3.05) is 40.8 Å². The molecule has 0 amide bonds. The lowest BCUT2D eigenvalue weighted by atomic mass is 9.85. The molecule has 1 aromatic carbocycles.